The fourth-order valence-corrected chi connectivity index (χ4v) is 2.17. The van der Waals surface area contributed by atoms with Crippen LogP contribution < -0.4 is 5.73 Å². The Labute approximate surface area is 130 Å². The van der Waals surface area contributed by atoms with E-state index < -0.39 is 31.1 Å². The first kappa shape index (κ1) is 17.5. The van der Waals surface area contributed by atoms with Crippen molar-refractivity contribution >= 4 is 17.0 Å². The Morgan fingerprint density at radius 1 is 1.09 bits per heavy atom. The van der Waals surface area contributed by atoms with Gasteiger partial charge in [-0.3, -0.25) is 4.57 Å². The molecule has 11 heteroatoms. The Bertz CT molecular complexity index is 635. The van der Waals surface area contributed by atoms with Gasteiger partial charge in [-0.25, -0.2) is 15.0 Å². The van der Waals surface area contributed by atoms with Crippen LogP contribution in [0.3, 0.4) is 0 Å². The quantitative estimate of drug-likeness (QED) is 0.339. The summed E-state index contributed by atoms with van der Waals surface area (Å²) in [5.41, 5.74) is 6.44. The lowest BCUT2D eigenvalue weighted by molar-refractivity contribution is -0.0511. The average molecular weight is 329 g/mol. The molecule has 0 amide bonds. The summed E-state index contributed by atoms with van der Waals surface area (Å²) in [4.78, 5) is 11.9. The molecule has 0 aliphatic carbocycles. The molecule has 0 unspecified atom stereocenters. The Kier molecular flexibility index (Phi) is 5.76. The van der Waals surface area contributed by atoms with Crippen molar-refractivity contribution < 1.29 is 30.3 Å². The van der Waals surface area contributed by atoms with E-state index >= 15 is 0 Å². The summed E-state index contributed by atoms with van der Waals surface area (Å²) in [6, 6.07) is 0. The largest absolute Gasteiger partial charge is 0.394 e. The molecule has 1 saturated heterocycles. The molecular weight excluding hydrogens is 310 g/mol. The van der Waals surface area contributed by atoms with Crippen molar-refractivity contribution in [1.29, 1.82) is 0 Å². The summed E-state index contributed by atoms with van der Waals surface area (Å²) in [5.74, 6) is 0.218. The van der Waals surface area contributed by atoms with Crippen molar-refractivity contribution in [1.82, 2.24) is 19.5 Å². The standard InChI is InChI=1S/C10H13N5O4.C2H6O2/c11-8-5-9(13-2-12-8)15(3-14-5)10-7(18)6(17)4(1-16)19-10;3-1-2-4/h2-4,6-7,10,16-18H,1H2,(H2,11,12,13);3-4H,1-2H2/t4-,6-,7-,10-;/m1./s1. The number of aliphatic hydroxyl groups is 5. The van der Waals surface area contributed by atoms with Crippen molar-refractivity contribution in [3.63, 3.8) is 0 Å². The van der Waals surface area contributed by atoms with Crippen molar-refractivity contribution in [3.05, 3.63) is 12.7 Å². The molecule has 0 spiro atoms. The molecule has 4 atom stereocenters. The molecule has 7 N–H and O–H groups in total. The molecule has 3 rings (SSSR count). The SMILES string of the molecule is Nc1ncnc2c1ncn2[C@@H]1O[C@H](CO)[C@@H](O)[C@H]1O.OCCO. The van der Waals surface area contributed by atoms with Crippen LogP contribution in [0.15, 0.2) is 12.7 Å². The number of nitrogens with zero attached hydrogens (tertiary/aromatic N) is 4. The summed E-state index contributed by atoms with van der Waals surface area (Å²) in [6.07, 6.45) is -1.42. The van der Waals surface area contributed by atoms with Gasteiger partial charge in [0.05, 0.1) is 26.1 Å². The zero-order valence-electron chi connectivity index (χ0n) is 12.1. The Morgan fingerprint density at radius 2 is 1.78 bits per heavy atom. The summed E-state index contributed by atoms with van der Waals surface area (Å²) < 4.78 is 6.85. The van der Waals surface area contributed by atoms with E-state index in [2.05, 4.69) is 15.0 Å². The Morgan fingerprint density at radius 3 is 2.35 bits per heavy atom. The minimum absolute atomic E-state index is 0.125. The van der Waals surface area contributed by atoms with Gasteiger partial charge < -0.3 is 36.0 Å². The number of aliphatic hydroxyl groups excluding tert-OH is 5. The summed E-state index contributed by atoms with van der Waals surface area (Å²) >= 11 is 0. The van der Waals surface area contributed by atoms with Crippen LogP contribution in [0.5, 0.6) is 0 Å². The molecule has 0 bridgehead atoms. The monoisotopic (exact) mass is 329 g/mol. The molecule has 0 saturated carbocycles. The third kappa shape index (κ3) is 3.39. The molecule has 1 aliphatic heterocycles. The summed E-state index contributed by atoms with van der Waals surface area (Å²) in [6.45, 7) is -0.640. The van der Waals surface area contributed by atoms with Crippen LogP contribution >= 0.6 is 0 Å². The maximum absolute atomic E-state index is 9.95. The van der Waals surface area contributed by atoms with Crippen molar-refractivity contribution in [2.45, 2.75) is 24.5 Å². The highest BCUT2D eigenvalue weighted by Crippen LogP contribution is 2.31. The predicted octanol–water partition coefficient (Wildman–Crippen LogP) is -3.01. The van der Waals surface area contributed by atoms with Crippen molar-refractivity contribution in [2.75, 3.05) is 25.6 Å². The fraction of sp³-hybridized carbons (Fsp3) is 0.583. The number of hydrogen-bond acceptors (Lipinski definition) is 10. The first-order valence-electron chi connectivity index (χ1n) is 6.82. The molecule has 128 valence electrons. The van der Waals surface area contributed by atoms with Crippen LogP contribution in [0.25, 0.3) is 11.2 Å². The lowest BCUT2D eigenvalue weighted by Crippen LogP contribution is -2.33. The zero-order valence-corrected chi connectivity index (χ0v) is 12.1. The highest BCUT2D eigenvalue weighted by Gasteiger charge is 2.43. The van der Waals surface area contributed by atoms with Crippen LogP contribution in [0, 0.1) is 0 Å². The molecule has 3 heterocycles. The minimum atomic E-state index is -1.19. The maximum atomic E-state index is 9.95. The molecule has 2 aromatic rings. The normalized spacial score (nSPS) is 27.0. The van der Waals surface area contributed by atoms with Gasteiger partial charge in [-0.2, -0.15) is 0 Å². The molecule has 1 fully saturated rings. The predicted molar refractivity (Wildman–Crippen MR) is 76.9 cm³/mol. The lowest BCUT2D eigenvalue weighted by Gasteiger charge is -2.16. The molecule has 0 aromatic carbocycles. The van der Waals surface area contributed by atoms with Crippen LogP contribution in [0.1, 0.15) is 6.23 Å². The molecular formula is C12H19N5O6. The molecule has 23 heavy (non-hydrogen) atoms. The van der Waals surface area contributed by atoms with Gasteiger partial charge in [0.1, 0.15) is 30.2 Å². The topological polar surface area (TPSA) is 180 Å². The third-order valence-corrected chi connectivity index (χ3v) is 3.28. The van der Waals surface area contributed by atoms with E-state index in [0.717, 1.165) is 0 Å². The molecule has 11 nitrogen and oxygen atoms in total. The van der Waals surface area contributed by atoms with Gasteiger partial charge >= 0.3 is 0 Å². The van der Waals surface area contributed by atoms with Crippen LogP contribution in [-0.2, 0) is 4.74 Å². The number of imidazole rings is 1. The number of fused-ring (bicyclic) bond motifs is 1. The second kappa shape index (κ2) is 7.59. The van der Waals surface area contributed by atoms with Crippen LogP contribution in [0.4, 0.5) is 5.82 Å². The zero-order chi connectivity index (χ0) is 17.0. The Balaban J connectivity index is 0.000000433. The molecule has 0 radical (unpaired) electrons. The second-order valence-electron chi connectivity index (χ2n) is 4.76. The first-order chi connectivity index (χ1) is 11.0. The van der Waals surface area contributed by atoms with Crippen molar-refractivity contribution in [2.24, 2.45) is 0 Å². The molecule has 2 aromatic heterocycles. The number of nitrogen functional groups attached to an aromatic ring is 1. The number of hydrogen-bond donors (Lipinski definition) is 6. The number of nitrogens with two attached hydrogens (primary N) is 1. The van der Waals surface area contributed by atoms with Gasteiger partial charge in [-0.1, -0.05) is 0 Å². The van der Waals surface area contributed by atoms with Gasteiger partial charge in [0.2, 0.25) is 0 Å². The second-order valence-corrected chi connectivity index (χ2v) is 4.76. The van der Waals surface area contributed by atoms with E-state index in [4.69, 9.17) is 25.8 Å². The van der Waals surface area contributed by atoms with Gasteiger partial charge in [0, 0.05) is 0 Å². The van der Waals surface area contributed by atoms with Gasteiger partial charge in [0.25, 0.3) is 0 Å². The van der Waals surface area contributed by atoms with E-state index in [1.165, 1.54) is 17.2 Å². The fourth-order valence-electron chi connectivity index (χ4n) is 2.17. The highest BCUT2D eigenvalue weighted by atomic mass is 16.6. The summed E-state index contributed by atoms with van der Waals surface area (Å²) in [7, 11) is 0. The Hall–Kier alpha value is -1.89. The van der Waals surface area contributed by atoms with Crippen LogP contribution in [0.2, 0.25) is 0 Å². The summed E-state index contributed by atoms with van der Waals surface area (Å²) in [5, 5.41) is 44.0. The first-order valence-corrected chi connectivity index (χ1v) is 6.82. The number of anilines is 1. The van der Waals surface area contributed by atoms with Gasteiger partial charge in [-0.15, -0.1) is 0 Å². The van der Waals surface area contributed by atoms with Gasteiger partial charge in [0.15, 0.2) is 17.7 Å². The number of ether oxygens (including phenoxy) is 1. The van der Waals surface area contributed by atoms with E-state index in [9.17, 15) is 10.2 Å². The average Bonchev–Trinajstić information content (AvgIpc) is 3.11. The maximum Gasteiger partial charge on any atom is 0.167 e. The highest BCUT2D eigenvalue weighted by molar-refractivity contribution is 5.81. The number of aromatic nitrogens is 4. The number of rotatable bonds is 3. The van der Waals surface area contributed by atoms with Crippen LogP contribution in [-0.4, -0.2) is 83.2 Å². The van der Waals surface area contributed by atoms with Crippen molar-refractivity contribution in [3.8, 4) is 0 Å². The smallest absolute Gasteiger partial charge is 0.167 e. The minimum Gasteiger partial charge on any atom is -0.394 e. The van der Waals surface area contributed by atoms with E-state index in [1.807, 2.05) is 0 Å². The van der Waals surface area contributed by atoms with E-state index in [1.54, 1.807) is 0 Å². The third-order valence-electron chi connectivity index (χ3n) is 3.28. The lowest BCUT2D eigenvalue weighted by atomic mass is 10.1. The van der Waals surface area contributed by atoms with E-state index in [0.29, 0.717) is 11.2 Å². The molecule has 1 aliphatic rings. The van der Waals surface area contributed by atoms with Gasteiger partial charge in [-0.05, 0) is 0 Å². The van der Waals surface area contributed by atoms with E-state index in [-0.39, 0.29) is 19.0 Å².